The Kier molecular flexibility index (Phi) is 5.40. The van der Waals surface area contributed by atoms with Gasteiger partial charge < -0.3 is 5.32 Å². The first-order chi connectivity index (χ1) is 16.1. The van der Waals surface area contributed by atoms with Crippen LogP contribution in [0.5, 0.6) is 0 Å². The van der Waals surface area contributed by atoms with Crippen LogP contribution in [0.4, 0.5) is 0 Å². The van der Waals surface area contributed by atoms with Crippen molar-refractivity contribution in [3.05, 3.63) is 100 Å². The Morgan fingerprint density at radius 2 is 1.85 bits per heavy atom. The summed E-state index contributed by atoms with van der Waals surface area (Å²) < 4.78 is 3.22. The highest BCUT2D eigenvalue weighted by Gasteiger charge is 2.12. The minimum atomic E-state index is -0.259. The third kappa shape index (κ3) is 4.10. The molecule has 0 bridgehead atoms. The zero-order valence-corrected chi connectivity index (χ0v) is 18.1. The molecular formula is C25H22N6O2. The van der Waals surface area contributed by atoms with Crippen LogP contribution in [0.2, 0.25) is 0 Å². The molecule has 8 nitrogen and oxygen atoms in total. The molecule has 33 heavy (non-hydrogen) atoms. The predicted octanol–water partition coefficient (Wildman–Crippen LogP) is 2.93. The van der Waals surface area contributed by atoms with E-state index in [0.29, 0.717) is 36.4 Å². The van der Waals surface area contributed by atoms with E-state index in [1.54, 1.807) is 21.6 Å². The van der Waals surface area contributed by atoms with Crippen molar-refractivity contribution in [3.8, 4) is 0 Å². The third-order valence-electron chi connectivity index (χ3n) is 5.66. The van der Waals surface area contributed by atoms with Crippen LogP contribution >= 0.6 is 0 Å². The number of carbonyl (C=O) groups is 1. The summed E-state index contributed by atoms with van der Waals surface area (Å²) in [5.41, 5.74) is 3.68. The summed E-state index contributed by atoms with van der Waals surface area (Å²) in [6.07, 6.45) is 3.08. The van der Waals surface area contributed by atoms with Gasteiger partial charge in [-0.2, -0.15) is 5.10 Å². The van der Waals surface area contributed by atoms with Crippen molar-refractivity contribution in [2.24, 2.45) is 0 Å². The number of benzene rings is 2. The van der Waals surface area contributed by atoms with Crippen LogP contribution in [0.15, 0.2) is 78.0 Å². The summed E-state index contributed by atoms with van der Waals surface area (Å²) in [6, 6.07) is 19.2. The average Bonchev–Trinajstić information content (AvgIpc) is 3.25. The number of carbonyl (C=O) groups excluding carboxylic acids is 1. The predicted molar refractivity (Wildman–Crippen MR) is 126 cm³/mol. The van der Waals surface area contributed by atoms with E-state index in [1.807, 2.05) is 61.5 Å². The first-order valence-electron chi connectivity index (χ1n) is 10.7. The van der Waals surface area contributed by atoms with Crippen molar-refractivity contribution in [2.75, 3.05) is 6.54 Å². The van der Waals surface area contributed by atoms with Gasteiger partial charge in [-0.05, 0) is 30.2 Å². The zero-order chi connectivity index (χ0) is 22.8. The van der Waals surface area contributed by atoms with Gasteiger partial charge in [-0.25, -0.2) is 14.6 Å². The number of hydrogen-bond donors (Lipinski definition) is 1. The lowest BCUT2D eigenvalue weighted by Crippen LogP contribution is -2.28. The van der Waals surface area contributed by atoms with Crippen molar-refractivity contribution in [2.45, 2.75) is 20.0 Å². The van der Waals surface area contributed by atoms with Crippen molar-refractivity contribution in [1.29, 1.82) is 0 Å². The topological polar surface area (TPSA) is 94.7 Å². The smallest absolute Gasteiger partial charge is 0.269 e. The monoisotopic (exact) mass is 438 g/mol. The molecule has 8 heteroatoms. The molecule has 0 fully saturated rings. The minimum Gasteiger partial charge on any atom is -0.349 e. The van der Waals surface area contributed by atoms with Gasteiger partial charge in [0.05, 0.1) is 24.8 Å². The quantitative estimate of drug-likeness (QED) is 0.440. The van der Waals surface area contributed by atoms with Crippen LogP contribution in [0.3, 0.4) is 0 Å². The molecule has 0 atom stereocenters. The lowest BCUT2D eigenvalue weighted by Gasteiger charge is -2.09. The van der Waals surface area contributed by atoms with Gasteiger partial charge in [-0.1, -0.05) is 48.5 Å². The van der Waals surface area contributed by atoms with Crippen molar-refractivity contribution in [1.82, 2.24) is 29.6 Å². The second-order valence-corrected chi connectivity index (χ2v) is 7.85. The number of fused-ring (bicyclic) bond motifs is 2. The molecule has 1 N–H and O–H groups in total. The number of hydrogen-bond acceptors (Lipinski definition) is 5. The van der Waals surface area contributed by atoms with E-state index in [1.165, 1.54) is 6.20 Å². The van der Waals surface area contributed by atoms with Crippen molar-refractivity contribution >= 4 is 27.8 Å². The summed E-state index contributed by atoms with van der Waals surface area (Å²) in [6.45, 7) is 3.19. The standard InChI is InChI=1S/C25H22N6O2/c1-17-6-2-3-8-19(17)15-30-16-27-23-20(25(30)33)14-28-31(23)13-12-26-24(32)22-11-10-18-7-4-5-9-21(18)29-22/h2-11,14,16H,12-13,15H2,1H3,(H,26,32). The van der Waals surface area contributed by atoms with Crippen LogP contribution in [-0.4, -0.2) is 36.8 Å². The van der Waals surface area contributed by atoms with Crippen LogP contribution in [-0.2, 0) is 13.1 Å². The fraction of sp³-hybridized carbons (Fsp3) is 0.160. The molecule has 0 aliphatic rings. The lowest BCUT2D eigenvalue weighted by molar-refractivity contribution is 0.0947. The molecule has 0 aliphatic carbocycles. The van der Waals surface area contributed by atoms with E-state index in [0.717, 1.165) is 22.0 Å². The number of pyridine rings is 1. The Hall–Kier alpha value is -4.33. The Morgan fingerprint density at radius 3 is 2.73 bits per heavy atom. The molecule has 0 unspecified atom stereocenters. The maximum atomic E-state index is 12.9. The van der Waals surface area contributed by atoms with Gasteiger partial charge in [0, 0.05) is 11.9 Å². The molecule has 5 aromatic rings. The van der Waals surface area contributed by atoms with Crippen molar-refractivity contribution in [3.63, 3.8) is 0 Å². The summed E-state index contributed by atoms with van der Waals surface area (Å²) in [4.78, 5) is 34.3. The summed E-state index contributed by atoms with van der Waals surface area (Å²) in [7, 11) is 0. The number of nitrogens with one attached hydrogen (secondary N) is 1. The number of para-hydroxylation sites is 1. The summed E-state index contributed by atoms with van der Waals surface area (Å²) >= 11 is 0. The molecule has 2 aromatic carbocycles. The Bertz CT molecular complexity index is 1540. The highest BCUT2D eigenvalue weighted by Crippen LogP contribution is 2.12. The number of nitrogens with zero attached hydrogens (tertiary/aromatic N) is 5. The lowest BCUT2D eigenvalue weighted by atomic mass is 10.1. The fourth-order valence-corrected chi connectivity index (χ4v) is 3.80. The first kappa shape index (κ1) is 20.6. The minimum absolute atomic E-state index is 0.140. The highest BCUT2D eigenvalue weighted by atomic mass is 16.2. The normalized spacial score (nSPS) is 11.2. The van der Waals surface area contributed by atoms with E-state index >= 15 is 0 Å². The Morgan fingerprint density at radius 1 is 1.03 bits per heavy atom. The van der Waals surface area contributed by atoms with Crippen LogP contribution in [0, 0.1) is 6.92 Å². The summed E-state index contributed by atoms with van der Waals surface area (Å²) in [5, 5.41) is 8.60. The fourth-order valence-electron chi connectivity index (χ4n) is 3.80. The van der Waals surface area contributed by atoms with Gasteiger partial charge in [0.2, 0.25) is 0 Å². The number of aryl methyl sites for hydroxylation is 1. The van der Waals surface area contributed by atoms with E-state index in [9.17, 15) is 9.59 Å². The zero-order valence-electron chi connectivity index (χ0n) is 18.1. The number of aromatic nitrogens is 5. The van der Waals surface area contributed by atoms with Gasteiger partial charge >= 0.3 is 0 Å². The van der Waals surface area contributed by atoms with Gasteiger partial charge in [-0.3, -0.25) is 14.2 Å². The van der Waals surface area contributed by atoms with Crippen LogP contribution in [0.25, 0.3) is 21.9 Å². The molecule has 1 amide bonds. The van der Waals surface area contributed by atoms with Crippen LogP contribution in [0.1, 0.15) is 21.6 Å². The molecule has 0 radical (unpaired) electrons. The maximum Gasteiger partial charge on any atom is 0.269 e. The molecule has 0 saturated heterocycles. The largest absolute Gasteiger partial charge is 0.349 e. The van der Waals surface area contributed by atoms with E-state index < -0.39 is 0 Å². The Labute approximate surface area is 189 Å². The van der Waals surface area contributed by atoms with Gasteiger partial charge in [-0.15, -0.1) is 0 Å². The second kappa shape index (κ2) is 8.66. The molecule has 3 heterocycles. The van der Waals surface area contributed by atoms with Crippen LogP contribution < -0.4 is 10.9 Å². The molecular weight excluding hydrogens is 416 g/mol. The molecule has 3 aromatic heterocycles. The molecule has 0 aliphatic heterocycles. The maximum absolute atomic E-state index is 12.9. The third-order valence-corrected chi connectivity index (χ3v) is 5.66. The molecule has 164 valence electrons. The van der Waals surface area contributed by atoms with E-state index in [4.69, 9.17) is 0 Å². The number of rotatable bonds is 6. The Balaban J connectivity index is 1.28. The van der Waals surface area contributed by atoms with E-state index in [-0.39, 0.29) is 11.5 Å². The molecule has 5 rings (SSSR count). The average molecular weight is 438 g/mol. The van der Waals surface area contributed by atoms with Gasteiger partial charge in [0.15, 0.2) is 5.65 Å². The highest BCUT2D eigenvalue weighted by molar-refractivity contribution is 5.94. The second-order valence-electron chi connectivity index (χ2n) is 7.85. The molecule has 0 spiro atoms. The van der Waals surface area contributed by atoms with E-state index in [2.05, 4.69) is 20.4 Å². The van der Waals surface area contributed by atoms with Gasteiger partial charge in [0.1, 0.15) is 17.4 Å². The van der Waals surface area contributed by atoms with Gasteiger partial charge in [0.25, 0.3) is 11.5 Å². The summed E-state index contributed by atoms with van der Waals surface area (Å²) in [5.74, 6) is -0.259. The first-order valence-corrected chi connectivity index (χ1v) is 10.7. The number of amides is 1. The molecule has 0 saturated carbocycles. The van der Waals surface area contributed by atoms with Crippen molar-refractivity contribution < 1.29 is 4.79 Å². The SMILES string of the molecule is Cc1ccccc1Cn1cnc2c(cnn2CCNC(=O)c2ccc3ccccc3n2)c1=O.